The molecule has 1 aromatic rings. The van der Waals surface area contributed by atoms with E-state index in [0.29, 0.717) is 0 Å². The van der Waals surface area contributed by atoms with Crippen molar-refractivity contribution in [2.24, 2.45) is 16.1 Å². The molecule has 0 fully saturated rings. The topological polar surface area (TPSA) is 51.3 Å². The molecule has 0 aliphatic heterocycles. The molecule has 0 aromatic carbocycles. The Kier molecular flexibility index (Phi) is 3.85. The van der Waals surface area contributed by atoms with Crippen LogP contribution < -0.4 is 5.73 Å². The van der Waals surface area contributed by atoms with Crippen LogP contribution >= 0.6 is 11.3 Å². The van der Waals surface area contributed by atoms with Crippen molar-refractivity contribution in [3.63, 3.8) is 0 Å². The quantitative estimate of drug-likeness (QED) is 0.634. The number of nitrogens with zero attached hydrogens (tertiary/aromatic N) is 2. The molecular formula is C11H19N3S. The number of amidine groups is 1. The highest BCUT2D eigenvalue weighted by molar-refractivity contribution is 7.09. The van der Waals surface area contributed by atoms with Crippen LogP contribution in [0.2, 0.25) is 0 Å². The number of rotatable bonds is 3. The highest BCUT2D eigenvalue weighted by atomic mass is 32.1. The molecule has 0 radical (unpaired) electrons. The molecule has 1 rings (SSSR count). The van der Waals surface area contributed by atoms with E-state index in [9.17, 15) is 0 Å². The smallest absolute Gasteiger partial charge is 0.0991 e. The SMILES string of the molecule is Cc1nc(CCN=C(N)C(C)(C)C)cs1. The number of hydrogen-bond acceptors (Lipinski definition) is 3. The van der Waals surface area contributed by atoms with Gasteiger partial charge in [0.15, 0.2) is 0 Å². The standard InChI is InChI=1S/C11H19N3S/c1-8-14-9(7-15-8)5-6-13-10(12)11(2,3)4/h7H,5-6H2,1-4H3,(H2,12,13). The Morgan fingerprint density at radius 3 is 2.67 bits per heavy atom. The Balaban J connectivity index is 2.45. The van der Waals surface area contributed by atoms with Gasteiger partial charge < -0.3 is 5.73 Å². The molecule has 1 aromatic heterocycles. The first-order chi connectivity index (χ1) is 6.89. The van der Waals surface area contributed by atoms with Crippen LogP contribution in [0.1, 0.15) is 31.5 Å². The molecular weight excluding hydrogens is 206 g/mol. The van der Waals surface area contributed by atoms with Crippen molar-refractivity contribution in [3.05, 3.63) is 16.1 Å². The molecule has 0 aliphatic rings. The zero-order chi connectivity index (χ0) is 11.5. The number of aryl methyl sites for hydroxylation is 1. The Morgan fingerprint density at radius 2 is 2.20 bits per heavy atom. The minimum absolute atomic E-state index is 0.0298. The van der Waals surface area contributed by atoms with Crippen LogP contribution in [0, 0.1) is 12.3 Å². The van der Waals surface area contributed by atoms with Gasteiger partial charge in [-0.05, 0) is 6.92 Å². The van der Waals surface area contributed by atoms with Crippen LogP contribution in [-0.2, 0) is 6.42 Å². The third-order valence-corrected chi connectivity index (χ3v) is 2.91. The minimum Gasteiger partial charge on any atom is -0.387 e. The number of hydrogen-bond donors (Lipinski definition) is 1. The second-order valence-corrected chi connectivity index (χ2v) is 5.69. The molecule has 0 saturated carbocycles. The number of thiazole rings is 1. The summed E-state index contributed by atoms with van der Waals surface area (Å²) >= 11 is 1.68. The average molecular weight is 225 g/mol. The third kappa shape index (κ3) is 4.00. The van der Waals surface area contributed by atoms with E-state index in [1.807, 2.05) is 6.92 Å². The summed E-state index contributed by atoms with van der Waals surface area (Å²) < 4.78 is 0. The van der Waals surface area contributed by atoms with E-state index in [-0.39, 0.29) is 5.41 Å². The molecule has 0 atom stereocenters. The Labute approximate surface area is 95.4 Å². The normalized spacial score (nSPS) is 13.2. The molecule has 0 amide bonds. The van der Waals surface area contributed by atoms with Gasteiger partial charge in [0.2, 0.25) is 0 Å². The monoisotopic (exact) mass is 225 g/mol. The summed E-state index contributed by atoms with van der Waals surface area (Å²) in [4.78, 5) is 8.74. The lowest BCUT2D eigenvalue weighted by Gasteiger charge is -2.17. The lowest BCUT2D eigenvalue weighted by Crippen LogP contribution is -2.29. The maximum atomic E-state index is 5.85. The number of aromatic nitrogens is 1. The molecule has 3 nitrogen and oxygen atoms in total. The fourth-order valence-corrected chi connectivity index (χ4v) is 1.70. The zero-order valence-corrected chi connectivity index (χ0v) is 10.7. The fourth-order valence-electron chi connectivity index (χ4n) is 1.05. The highest BCUT2D eigenvalue weighted by Gasteiger charge is 2.14. The van der Waals surface area contributed by atoms with Gasteiger partial charge in [0.25, 0.3) is 0 Å². The lowest BCUT2D eigenvalue weighted by molar-refractivity contribution is 0.581. The first-order valence-electron chi connectivity index (χ1n) is 5.11. The summed E-state index contributed by atoms with van der Waals surface area (Å²) in [7, 11) is 0. The van der Waals surface area contributed by atoms with Crippen molar-refractivity contribution >= 4 is 17.2 Å². The molecule has 1 heterocycles. The van der Waals surface area contributed by atoms with Crippen molar-refractivity contribution in [1.29, 1.82) is 0 Å². The van der Waals surface area contributed by atoms with Crippen LogP contribution in [0.15, 0.2) is 10.4 Å². The summed E-state index contributed by atoms with van der Waals surface area (Å²) in [6.07, 6.45) is 0.876. The van der Waals surface area contributed by atoms with Crippen LogP contribution in [0.4, 0.5) is 0 Å². The predicted octanol–water partition coefficient (Wildman–Crippen LogP) is 2.40. The van der Waals surface area contributed by atoms with E-state index >= 15 is 0 Å². The van der Waals surface area contributed by atoms with Gasteiger partial charge in [0, 0.05) is 23.8 Å². The molecule has 0 aliphatic carbocycles. The second-order valence-electron chi connectivity index (χ2n) is 4.62. The molecule has 15 heavy (non-hydrogen) atoms. The molecule has 4 heteroatoms. The Hall–Kier alpha value is -0.900. The maximum absolute atomic E-state index is 5.85. The maximum Gasteiger partial charge on any atom is 0.0991 e. The van der Waals surface area contributed by atoms with Crippen molar-refractivity contribution in [3.8, 4) is 0 Å². The van der Waals surface area contributed by atoms with Crippen molar-refractivity contribution in [1.82, 2.24) is 4.98 Å². The zero-order valence-electron chi connectivity index (χ0n) is 9.87. The van der Waals surface area contributed by atoms with E-state index in [1.54, 1.807) is 11.3 Å². The van der Waals surface area contributed by atoms with E-state index in [1.165, 1.54) is 0 Å². The van der Waals surface area contributed by atoms with Crippen LogP contribution in [0.3, 0.4) is 0 Å². The van der Waals surface area contributed by atoms with Crippen LogP contribution in [0.5, 0.6) is 0 Å². The van der Waals surface area contributed by atoms with Crippen molar-refractivity contribution in [2.45, 2.75) is 34.1 Å². The predicted molar refractivity (Wildman–Crippen MR) is 66.5 cm³/mol. The lowest BCUT2D eigenvalue weighted by atomic mass is 9.95. The third-order valence-electron chi connectivity index (χ3n) is 2.09. The van der Waals surface area contributed by atoms with Gasteiger partial charge in [-0.3, -0.25) is 4.99 Å². The van der Waals surface area contributed by atoms with Gasteiger partial charge in [0.1, 0.15) is 0 Å². The van der Waals surface area contributed by atoms with E-state index < -0.39 is 0 Å². The molecule has 0 saturated heterocycles. The Bertz CT molecular complexity index is 347. The van der Waals surface area contributed by atoms with Crippen molar-refractivity contribution in [2.75, 3.05) is 6.54 Å². The summed E-state index contributed by atoms with van der Waals surface area (Å²) in [6.45, 7) is 8.95. The summed E-state index contributed by atoms with van der Waals surface area (Å²) in [5.74, 6) is 0.717. The molecule has 2 N–H and O–H groups in total. The summed E-state index contributed by atoms with van der Waals surface area (Å²) in [5.41, 5.74) is 6.94. The summed E-state index contributed by atoms with van der Waals surface area (Å²) in [5, 5.41) is 3.19. The fraction of sp³-hybridized carbons (Fsp3) is 0.636. The minimum atomic E-state index is -0.0298. The van der Waals surface area contributed by atoms with E-state index in [4.69, 9.17) is 5.73 Å². The van der Waals surface area contributed by atoms with Crippen LogP contribution in [-0.4, -0.2) is 17.4 Å². The Morgan fingerprint density at radius 1 is 1.53 bits per heavy atom. The van der Waals surface area contributed by atoms with Gasteiger partial charge in [0.05, 0.1) is 16.5 Å². The van der Waals surface area contributed by atoms with E-state index in [0.717, 1.165) is 29.5 Å². The number of nitrogens with two attached hydrogens (primary N) is 1. The first kappa shape index (κ1) is 12.2. The number of aliphatic imine (C=N–C) groups is 1. The molecule has 0 spiro atoms. The van der Waals surface area contributed by atoms with E-state index in [2.05, 4.69) is 36.1 Å². The highest BCUT2D eigenvalue weighted by Crippen LogP contribution is 2.13. The largest absolute Gasteiger partial charge is 0.387 e. The van der Waals surface area contributed by atoms with Gasteiger partial charge in [-0.2, -0.15) is 0 Å². The molecule has 0 bridgehead atoms. The van der Waals surface area contributed by atoms with Gasteiger partial charge >= 0.3 is 0 Å². The first-order valence-corrected chi connectivity index (χ1v) is 5.99. The average Bonchev–Trinajstić information content (AvgIpc) is 2.49. The molecule has 0 unspecified atom stereocenters. The second kappa shape index (κ2) is 4.75. The van der Waals surface area contributed by atoms with Gasteiger partial charge in [-0.25, -0.2) is 4.98 Å². The van der Waals surface area contributed by atoms with Gasteiger partial charge in [-0.1, -0.05) is 20.8 Å². The molecule has 84 valence electrons. The van der Waals surface area contributed by atoms with Crippen LogP contribution in [0.25, 0.3) is 0 Å². The van der Waals surface area contributed by atoms with Crippen molar-refractivity contribution < 1.29 is 0 Å². The van der Waals surface area contributed by atoms with Gasteiger partial charge in [-0.15, -0.1) is 11.3 Å². The summed E-state index contributed by atoms with van der Waals surface area (Å²) in [6, 6.07) is 0.